The van der Waals surface area contributed by atoms with Gasteiger partial charge in [-0.1, -0.05) is 12.8 Å². The van der Waals surface area contributed by atoms with Crippen LogP contribution in [0.5, 0.6) is 0 Å². The highest BCUT2D eigenvalue weighted by molar-refractivity contribution is 5.80. The van der Waals surface area contributed by atoms with Crippen LogP contribution in [0.15, 0.2) is 0 Å². The lowest BCUT2D eigenvalue weighted by Crippen LogP contribution is -2.39. The summed E-state index contributed by atoms with van der Waals surface area (Å²) in [5.41, 5.74) is 0.190. The van der Waals surface area contributed by atoms with E-state index in [0.29, 0.717) is 25.8 Å². The monoisotopic (exact) mass is 311 g/mol. The molecule has 0 unspecified atom stereocenters. The van der Waals surface area contributed by atoms with Crippen LogP contribution in [-0.2, 0) is 14.3 Å². The molecule has 2 rings (SSSR count). The zero-order chi connectivity index (χ0) is 16.0. The summed E-state index contributed by atoms with van der Waals surface area (Å²) in [5.74, 6) is -1.17. The van der Waals surface area contributed by atoms with Crippen LogP contribution in [-0.4, -0.2) is 36.7 Å². The van der Waals surface area contributed by atoms with Gasteiger partial charge in [-0.15, -0.1) is 0 Å². The fraction of sp³-hybridized carbons (Fsp3) is 0.882. The van der Waals surface area contributed by atoms with Crippen LogP contribution in [0.2, 0.25) is 0 Å². The number of rotatable bonds is 8. The standard InChI is InChI=1S/C17H29NO4/c1-2-22-10-9-17(7-3-4-8-17)12-18-15(19)13-5-6-14(11-13)16(20)21/h13-14H,2-12H2,1H3,(H,18,19)(H,20,21)/t13-,14+/m1/s1. The second-order valence-electron chi connectivity index (χ2n) is 6.92. The zero-order valence-corrected chi connectivity index (χ0v) is 13.6. The summed E-state index contributed by atoms with van der Waals surface area (Å²) >= 11 is 0. The summed E-state index contributed by atoms with van der Waals surface area (Å²) in [6, 6.07) is 0. The molecular weight excluding hydrogens is 282 g/mol. The van der Waals surface area contributed by atoms with Crippen molar-refractivity contribution >= 4 is 11.9 Å². The molecule has 22 heavy (non-hydrogen) atoms. The molecule has 0 radical (unpaired) electrons. The minimum Gasteiger partial charge on any atom is -0.481 e. The van der Waals surface area contributed by atoms with Gasteiger partial charge in [0.05, 0.1) is 5.92 Å². The normalized spacial score (nSPS) is 27.0. The number of hydrogen-bond acceptors (Lipinski definition) is 3. The first kappa shape index (κ1) is 17.3. The number of ether oxygens (including phenoxy) is 1. The van der Waals surface area contributed by atoms with Crippen LogP contribution in [0, 0.1) is 17.3 Å². The average Bonchev–Trinajstić information content (AvgIpc) is 3.15. The molecule has 1 amide bonds. The van der Waals surface area contributed by atoms with Gasteiger partial charge in [0.2, 0.25) is 5.91 Å². The van der Waals surface area contributed by atoms with Gasteiger partial charge in [0, 0.05) is 25.7 Å². The van der Waals surface area contributed by atoms with Gasteiger partial charge in [-0.3, -0.25) is 9.59 Å². The van der Waals surface area contributed by atoms with Crippen LogP contribution in [0.4, 0.5) is 0 Å². The van der Waals surface area contributed by atoms with Crippen molar-refractivity contribution in [3.8, 4) is 0 Å². The molecule has 0 aromatic heterocycles. The SMILES string of the molecule is CCOCCC1(CNC(=O)[C@@H]2CC[C@H](C(=O)O)C2)CCCC1. The molecule has 2 fully saturated rings. The Morgan fingerprint density at radius 3 is 2.50 bits per heavy atom. The molecule has 0 saturated heterocycles. The molecule has 5 nitrogen and oxygen atoms in total. The summed E-state index contributed by atoms with van der Waals surface area (Å²) in [6.45, 7) is 4.22. The lowest BCUT2D eigenvalue weighted by molar-refractivity contribution is -0.141. The highest BCUT2D eigenvalue weighted by Crippen LogP contribution is 2.41. The number of amides is 1. The van der Waals surface area contributed by atoms with E-state index in [4.69, 9.17) is 9.84 Å². The van der Waals surface area contributed by atoms with E-state index < -0.39 is 5.97 Å². The molecule has 0 aromatic rings. The topological polar surface area (TPSA) is 75.6 Å². The molecule has 2 saturated carbocycles. The molecule has 2 atom stereocenters. The van der Waals surface area contributed by atoms with E-state index in [9.17, 15) is 9.59 Å². The predicted molar refractivity (Wildman–Crippen MR) is 83.5 cm³/mol. The van der Waals surface area contributed by atoms with E-state index in [1.54, 1.807) is 0 Å². The van der Waals surface area contributed by atoms with Gasteiger partial charge in [-0.05, 0) is 50.9 Å². The molecule has 2 aliphatic rings. The van der Waals surface area contributed by atoms with Crippen molar-refractivity contribution in [2.75, 3.05) is 19.8 Å². The zero-order valence-electron chi connectivity index (χ0n) is 13.6. The molecule has 2 aliphatic carbocycles. The first-order chi connectivity index (χ1) is 10.6. The Balaban J connectivity index is 1.79. The molecule has 0 bridgehead atoms. The van der Waals surface area contributed by atoms with Crippen LogP contribution in [0.25, 0.3) is 0 Å². The minimum atomic E-state index is -0.765. The molecule has 0 heterocycles. The fourth-order valence-electron chi connectivity index (χ4n) is 3.94. The maximum Gasteiger partial charge on any atom is 0.306 e. The van der Waals surface area contributed by atoms with E-state index >= 15 is 0 Å². The van der Waals surface area contributed by atoms with Gasteiger partial charge in [0.15, 0.2) is 0 Å². The predicted octanol–water partition coefficient (Wildman–Crippen LogP) is 2.59. The van der Waals surface area contributed by atoms with Gasteiger partial charge >= 0.3 is 5.97 Å². The Labute approximate surface area is 132 Å². The van der Waals surface area contributed by atoms with E-state index in [0.717, 1.165) is 32.5 Å². The van der Waals surface area contributed by atoms with Crippen molar-refractivity contribution in [2.45, 2.75) is 58.3 Å². The Morgan fingerprint density at radius 1 is 1.23 bits per heavy atom. The Hall–Kier alpha value is -1.10. The minimum absolute atomic E-state index is 0.0476. The van der Waals surface area contributed by atoms with Gasteiger partial charge < -0.3 is 15.2 Å². The summed E-state index contributed by atoms with van der Waals surface area (Å²) in [7, 11) is 0. The summed E-state index contributed by atoms with van der Waals surface area (Å²) in [6.07, 6.45) is 7.60. The van der Waals surface area contributed by atoms with Gasteiger partial charge in [-0.25, -0.2) is 0 Å². The summed E-state index contributed by atoms with van der Waals surface area (Å²) < 4.78 is 5.49. The van der Waals surface area contributed by atoms with Crippen molar-refractivity contribution < 1.29 is 19.4 Å². The van der Waals surface area contributed by atoms with Crippen molar-refractivity contribution in [1.82, 2.24) is 5.32 Å². The maximum absolute atomic E-state index is 12.3. The van der Waals surface area contributed by atoms with Crippen LogP contribution in [0.1, 0.15) is 58.3 Å². The van der Waals surface area contributed by atoms with E-state index in [-0.39, 0.29) is 23.2 Å². The highest BCUT2D eigenvalue weighted by Gasteiger charge is 2.37. The second-order valence-corrected chi connectivity index (χ2v) is 6.92. The molecule has 0 spiro atoms. The quantitative estimate of drug-likeness (QED) is 0.676. The summed E-state index contributed by atoms with van der Waals surface area (Å²) in [4.78, 5) is 23.3. The number of nitrogens with one attached hydrogen (secondary N) is 1. The number of carbonyl (C=O) groups is 2. The number of carboxylic acid groups (broad SMARTS) is 1. The number of aliphatic carboxylic acids is 1. The number of carboxylic acids is 1. The molecular formula is C17H29NO4. The Bertz CT molecular complexity index is 390. The van der Waals surface area contributed by atoms with Crippen molar-refractivity contribution in [3.63, 3.8) is 0 Å². The smallest absolute Gasteiger partial charge is 0.306 e. The van der Waals surface area contributed by atoms with E-state index in [1.165, 1.54) is 12.8 Å². The first-order valence-electron chi connectivity index (χ1n) is 8.64. The van der Waals surface area contributed by atoms with Gasteiger partial charge in [0.1, 0.15) is 0 Å². The van der Waals surface area contributed by atoms with Gasteiger partial charge in [0.25, 0.3) is 0 Å². The Kier molecular flexibility index (Phi) is 6.24. The molecule has 2 N–H and O–H groups in total. The third-order valence-electron chi connectivity index (χ3n) is 5.44. The first-order valence-corrected chi connectivity index (χ1v) is 8.64. The largest absolute Gasteiger partial charge is 0.481 e. The van der Waals surface area contributed by atoms with Crippen molar-refractivity contribution in [3.05, 3.63) is 0 Å². The third kappa shape index (κ3) is 4.45. The molecule has 5 heteroatoms. The lowest BCUT2D eigenvalue weighted by atomic mass is 9.82. The average molecular weight is 311 g/mol. The van der Waals surface area contributed by atoms with Crippen LogP contribution >= 0.6 is 0 Å². The molecule has 0 aliphatic heterocycles. The number of carbonyl (C=O) groups excluding carboxylic acids is 1. The number of hydrogen-bond donors (Lipinski definition) is 2. The summed E-state index contributed by atoms with van der Waals surface area (Å²) in [5, 5.41) is 12.1. The lowest BCUT2D eigenvalue weighted by Gasteiger charge is -2.29. The third-order valence-corrected chi connectivity index (χ3v) is 5.44. The van der Waals surface area contributed by atoms with Crippen LogP contribution in [0.3, 0.4) is 0 Å². The second kappa shape index (κ2) is 7.95. The molecule has 126 valence electrons. The fourth-order valence-corrected chi connectivity index (χ4v) is 3.94. The van der Waals surface area contributed by atoms with Crippen LogP contribution < -0.4 is 5.32 Å². The van der Waals surface area contributed by atoms with E-state index in [2.05, 4.69) is 5.32 Å². The highest BCUT2D eigenvalue weighted by atomic mass is 16.5. The van der Waals surface area contributed by atoms with Crippen molar-refractivity contribution in [1.29, 1.82) is 0 Å². The van der Waals surface area contributed by atoms with Crippen molar-refractivity contribution in [2.24, 2.45) is 17.3 Å². The Morgan fingerprint density at radius 2 is 1.91 bits per heavy atom. The van der Waals surface area contributed by atoms with Gasteiger partial charge in [-0.2, -0.15) is 0 Å². The van der Waals surface area contributed by atoms with E-state index in [1.807, 2.05) is 6.92 Å². The maximum atomic E-state index is 12.3. The molecule has 0 aromatic carbocycles.